The minimum Gasteiger partial charge on any atom is -0.309 e. The molecule has 1 aliphatic rings. The number of amides is 1. The minimum absolute atomic E-state index is 0.0399. The highest BCUT2D eigenvalue weighted by Crippen LogP contribution is 2.31. The predicted molar refractivity (Wildman–Crippen MR) is 70.8 cm³/mol. The van der Waals surface area contributed by atoms with Crippen LogP contribution in [0.1, 0.15) is 6.42 Å². The third-order valence-electron chi connectivity index (χ3n) is 2.28. The van der Waals surface area contributed by atoms with Crippen LogP contribution in [0.25, 0.3) is 0 Å². The van der Waals surface area contributed by atoms with Gasteiger partial charge in [0.05, 0.1) is 16.1 Å². The summed E-state index contributed by atoms with van der Waals surface area (Å²) in [6.07, 6.45) is 0.393. The molecular weight excluding hydrogens is 348 g/mol. The Morgan fingerprint density at radius 3 is 2.73 bits per heavy atom. The molecule has 2 nitrogen and oxygen atoms in total. The molecule has 0 radical (unpaired) electrons. The number of rotatable bonds is 1. The highest BCUT2D eigenvalue weighted by molar-refractivity contribution is 14.1. The number of carbonyl (C=O) groups excluding carboxylic acids is 1. The predicted octanol–water partition coefficient (Wildman–Crippen LogP) is 3.29. The first-order valence-electron chi connectivity index (χ1n) is 4.47. The van der Waals surface area contributed by atoms with Gasteiger partial charge < -0.3 is 4.90 Å². The van der Waals surface area contributed by atoms with Crippen molar-refractivity contribution >= 4 is 57.4 Å². The molecule has 1 aliphatic heterocycles. The zero-order valence-electron chi connectivity index (χ0n) is 7.71. The number of alkyl halides is 1. The van der Waals surface area contributed by atoms with E-state index in [1.54, 1.807) is 4.90 Å². The summed E-state index contributed by atoms with van der Waals surface area (Å²) in [4.78, 5) is 13.3. The van der Waals surface area contributed by atoms with Gasteiger partial charge in [-0.25, -0.2) is 0 Å². The molecule has 0 aromatic heterocycles. The molecule has 1 unspecified atom stereocenters. The van der Waals surface area contributed by atoms with Crippen LogP contribution < -0.4 is 4.90 Å². The second-order valence-electron chi connectivity index (χ2n) is 3.40. The quantitative estimate of drug-likeness (QED) is 0.559. The Hall–Kier alpha value is -0.0000000000000000555. The van der Waals surface area contributed by atoms with Gasteiger partial charge >= 0.3 is 0 Å². The van der Waals surface area contributed by atoms with Gasteiger partial charge in [-0.3, -0.25) is 4.79 Å². The molecule has 80 valence electrons. The largest absolute Gasteiger partial charge is 0.309 e. The van der Waals surface area contributed by atoms with Crippen molar-refractivity contribution in [3.8, 4) is 0 Å². The van der Waals surface area contributed by atoms with Gasteiger partial charge in [-0.05, 0) is 40.8 Å². The minimum atomic E-state index is -0.104. The van der Waals surface area contributed by atoms with E-state index in [1.807, 2.05) is 18.2 Å². The zero-order valence-corrected chi connectivity index (χ0v) is 11.4. The molecule has 0 saturated carbocycles. The summed E-state index contributed by atoms with van der Waals surface area (Å²) in [5.41, 5.74) is 0.755. The van der Waals surface area contributed by atoms with Crippen LogP contribution in [0.15, 0.2) is 18.2 Å². The van der Waals surface area contributed by atoms with Crippen LogP contribution in [0, 0.1) is 3.57 Å². The van der Waals surface area contributed by atoms with E-state index in [4.69, 9.17) is 23.2 Å². The normalized spacial score (nSPS) is 21.1. The fraction of sp³-hybridized carbons (Fsp3) is 0.300. The number of carbonyl (C=O) groups is 1. The average molecular weight is 356 g/mol. The molecule has 2 rings (SSSR count). The molecule has 1 heterocycles. The Bertz CT molecular complexity index is 410. The number of anilines is 1. The van der Waals surface area contributed by atoms with Crippen molar-refractivity contribution in [1.29, 1.82) is 0 Å². The summed E-state index contributed by atoms with van der Waals surface area (Å²) in [5.74, 6) is 0.0399. The molecule has 1 aromatic carbocycles. The third kappa shape index (κ3) is 2.40. The lowest BCUT2D eigenvalue weighted by Gasteiger charge is -2.17. The van der Waals surface area contributed by atoms with E-state index in [1.165, 1.54) is 0 Å². The lowest BCUT2D eigenvalue weighted by atomic mass is 10.3. The Balaban J connectivity index is 2.34. The molecule has 1 amide bonds. The number of hydrogen-bond donors (Lipinski definition) is 0. The van der Waals surface area contributed by atoms with Crippen molar-refractivity contribution in [3.63, 3.8) is 0 Å². The fourth-order valence-corrected chi connectivity index (χ4v) is 2.82. The Kier molecular flexibility index (Phi) is 3.42. The molecule has 0 spiro atoms. The summed E-state index contributed by atoms with van der Waals surface area (Å²) < 4.78 is 1.05. The molecule has 5 heteroatoms. The van der Waals surface area contributed by atoms with Crippen LogP contribution in [-0.2, 0) is 4.79 Å². The van der Waals surface area contributed by atoms with Crippen molar-refractivity contribution in [3.05, 3.63) is 26.8 Å². The molecule has 0 N–H and O–H groups in total. The highest BCUT2D eigenvalue weighted by atomic mass is 127. The van der Waals surface area contributed by atoms with E-state index < -0.39 is 0 Å². The van der Waals surface area contributed by atoms with Gasteiger partial charge in [0.2, 0.25) is 5.91 Å². The third-order valence-corrected chi connectivity index (χ3v) is 3.54. The zero-order chi connectivity index (χ0) is 11.0. The smallest absolute Gasteiger partial charge is 0.228 e. The average Bonchev–Trinajstić information content (AvgIpc) is 2.45. The summed E-state index contributed by atoms with van der Waals surface area (Å²) in [6.45, 7) is 0.542. The maximum atomic E-state index is 11.6. The van der Waals surface area contributed by atoms with Crippen molar-refractivity contribution in [2.75, 3.05) is 11.4 Å². The summed E-state index contributed by atoms with van der Waals surface area (Å²) in [7, 11) is 0. The molecule has 1 fully saturated rings. The van der Waals surface area contributed by atoms with Crippen molar-refractivity contribution in [2.24, 2.45) is 0 Å². The van der Waals surface area contributed by atoms with Gasteiger partial charge in [-0.15, -0.1) is 11.6 Å². The Morgan fingerprint density at radius 1 is 1.47 bits per heavy atom. The summed E-state index contributed by atoms with van der Waals surface area (Å²) in [5, 5.41) is 0.494. The fourth-order valence-electron chi connectivity index (χ4n) is 1.60. The van der Waals surface area contributed by atoms with Gasteiger partial charge in [0.25, 0.3) is 0 Å². The molecule has 0 bridgehead atoms. The lowest BCUT2D eigenvalue weighted by Crippen LogP contribution is -2.24. The second-order valence-corrected chi connectivity index (χ2v) is 5.67. The number of benzene rings is 1. The van der Waals surface area contributed by atoms with Gasteiger partial charge in [0.1, 0.15) is 0 Å². The first-order valence-corrected chi connectivity index (χ1v) is 6.36. The Morgan fingerprint density at radius 2 is 2.20 bits per heavy atom. The van der Waals surface area contributed by atoms with Crippen LogP contribution in [0.5, 0.6) is 0 Å². The van der Waals surface area contributed by atoms with E-state index in [-0.39, 0.29) is 11.3 Å². The molecule has 1 aromatic rings. The standard InChI is InChI=1S/C10H8Cl2INO/c11-6-3-10(15)14(5-6)9-2-1-7(13)4-8(9)12/h1-2,4,6H,3,5H2. The maximum Gasteiger partial charge on any atom is 0.228 e. The van der Waals surface area contributed by atoms with Gasteiger partial charge in [-0.1, -0.05) is 11.6 Å². The first-order chi connectivity index (χ1) is 7.08. The van der Waals surface area contributed by atoms with Crippen molar-refractivity contribution < 1.29 is 4.79 Å². The molecular formula is C10H8Cl2INO. The van der Waals surface area contributed by atoms with E-state index in [0.717, 1.165) is 9.26 Å². The van der Waals surface area contributed by atoms with Crippen LogP contribution in [-0.4, -0.2) is 17.8 Å². The van der Waals surface area contributed by atoms with Crippen LogP contribution in [0.4, 0.5) is 5.69 Å². The summed E-state index contributed by atoms with van der Waals surface area (Å²) >= 11 is 14.2. The van der Waals surface area contributed by atoms with Crippen molar-refractivity contribution in [1.82, 2.24) is 0 Å². The van der Waals surface area contributed by atoms with Crippen LogP contribution in [0.3, 0.4) is 0 Å². The molecule has 1 saturated heterocycles. The van der Waals surface area contributed by atoms with Gasteiger partial charge in [0.15, 0.2) is 0 Å². The SMILES string of the molecule is O=C1CC(Cl)CN1c1ccc(I)cc1Cl. The first kappa shape index (κ1) is 11.5. The number of hydrogen-bond acceptors (Lipinski definition) is 1. The molecule has 0 aliphatic carbocycles. The van der Waals surface area contributed by atoms with Gasteiger partial charge in [0, 0.05) is 16.5 Å². The van der Waals surface area contributed by atoms with E-state index in [0.29, 0.717) is 18.0 Å². The van der Waals surface area contributed by atoms with Crippen LogP contribution in [0.2, 0.25) is 5.02 Å². The molecule has 1 atom stereocenters. The van der Waals surface area contributed by atoms with Gasteiger partial charge in [-0.2, -0.15) is 0 Å². The number of halogens is 3. The summed E-state index contributed by atoms with van der Waals surface area (Å²) in [6, 6.07) is 5.62. The number of nitrogens with zero attached hydrogens (tertiary/aromatic N) is 1. The lowest BCUT2D eigenvalue weighted by molar-refractivity contribution is -0.117. The second kappa shape index (κ2) is 4.47. The van der Waals surface area contributed by atoms with Crippen molar-refractivity contribution in [2.45, 2.75) is 11.8 Å². The maximum absolute atomic E-state index is 11.6. The van der Waals surface area contributed by atoms with Crippen LogP contribution >= 0.6 is 45.8 Å². The Labute approximate surface area is 112 Å². The highest BCUT2D eigenvalue weighted by Gasteiger charge is 2.30. The topological polar surface area (TPSA) is 20.3 Å². The van der Waals surface area contributed by atoms with E-state index in [9.17, 15) is 4.79 Å². The van der Waals surface area contributed by atoms with E-state index in [2.05, 4.69) is 22.6 Å². The van der Waals surface area contributed by atoms with E-state index >= 15 is 0 Å². The molecule has 15 heavy (non-hydrogen) atoms. The monoisotopic (exact) mass is 355 g/mol.